The fourth-order valence-electron chi connectivity index (χ4n) is 1.40. The van der Waals surface area contributed by atoms with Gasteiger partial charge in [-0.1, -0.05) is 0 Å². The summed E-state index contributed by atoms with van der Waals surface area (Å²) >= 11 is 0. The number of nitrogens with one attached hydrogen (secondary N) is 2. The van der Waals surface area contributed by atoms with E-state index in [9.17, 15) is 4.21 Å². The molecule has 0 saturated heterocycles. The minimum absolute atomic E-state index is 0.369. The van der Waals surface area contributed by atoms with Crippen LogP contribution in [0.15, 0.2) is 12.7 Å². The molecule has 0 spiro atoms. The lowest BCUT2D eigenvalue weighted by atomic mass is 10.7. The molecule has 2 heterocycles. The van der Waals surface area contributed by atoms with Crippen LogP contribution in [0.2, 0.25) is 0 Å². The predicted octanol–water partition coefficient (Wildman–Crippen LogP) is -0.326. The van der Waals surface area contributed by atoms with Gasteiger partial charge in [-0.3, -0.25) is 4.21 Å². The predicted molar refractivity (Wildman–Crippen MR) is 76.3 cm³/mol. The van der Waals surface area contributed by atoms with Gasteiger partial charge in [0.2, 0.25) is 11.9 Å². The van der Waals surface area contributed by atoms with Crippen LogP contribution in [-0.2, 0) is 10.8 Å². The Morgan fingerprint density at radius 3 is 2.60 bits per heavy atom. The Morgan fingerprint density at radius 2 is 2.00 bits per heavy atom. The maximum absolute atomic E-state index is 11.0. The van der Waals surface area contributed by atoms with Gasteiger partial charge < -0.3 is 10.6 Å². The second kappa shape index (κ2) is 6.89. The normalized spacial score (nSPS) is 12.1. The van der Waals surface area contributed by atoms with Gasteiger partial charge in [-0.25, -0.2) is 4.98 Å². The summed E-state index contributed by atoms with van der Waals surface area (Å²) in [5, 5.41) is 10.0. The third-order valence-electron chi connectivity index (χ3n) is 2.25. The van der Waals surface area contributed by atoms with Crippen molar-refractivity contribution >= 4 is 22.7 Å². The Kier molecular flexibility index (Phi) is 4.93. The molecule has 0 bridgehead atoms. The molecule has 0 fully saturated rings. The van der Waals surface area contributed by atoms with E-state index in [0.717, 1.165) is 0 Å². The summed E-state index contributed by atoms with van der Waals surface area (Å²) in [6, 6.07) is 0. The number of anilines is 2. The van der Waals surface area contributed by atoms with Gasteiger partial charge in [0.05, 0.1) is 0 Å². The molecular formula is C10H16N8OS. The quantitative estimate of drug-likeness (QED) is 0.715. The largest absolute Gasteiger partial charge is 0.354 e. The molecule has 9 nitrogen and oxygen atoms in total. The summed E-state index contributed by atoms with van der Waals surface area (Å²) < 4.78 is 12.5. The fraction of sp³-hybridized carbons (Fsp3) is 0.500. The zero-order chi connectivity index (χ0) is 14.4. The molecule has 20 heavy (non-hydrogen) atoms. The lowest BCUT2D eigenvalue weighted by molar-refractivity contribution is 0.687. The van der Waals surface area contributed by atoms with Crippen LogP contribution < -0.4 is 10.6 Å². The SMILES string of the molecule is CCNc1nc(NCCS(C)=O)nc(-n2cncn2)n1. The number of rotatable bonds is 7. The van der Waals surface area contributed by atoms with Crippen molar-refractivity contribution in [1.29, 1.82) is 0 Å². The van der Waals surface area contributed by atoms with E-state index in [2.05, 4.69) is 35.7 Å². The smallest absolute Gasteiger partial charge is 0.258 e. The number of aromatic nitrogens is 6. The second-order valence-corrected chi connectivity index (χ2v) is 5.41. The molecule has 0 aromatic carbocycles. The van der Waals surface area contributed by atoms with Crippen molar-refractivity contribution in [3.05, 3.63) is 12.7 Å². The molecule has 2 aromatic heterocycles. The highest BCUT2D eigenvalue weighted by molar-refractivity contribution is 7.84. The molecule has 2 rings (SSSR count). The molecule has 2 aromatic rings. The Morgan fingerprint density at radius 1 is 1.25 bits per heavy atom. The molecule has 1 unspecified atom stereocenters. The summed E-state index contributed by atoms with van der Waals surface area (Å²) in [5.41, 5.74) is 0. The molecule has 2 N–H and O–H groups in total. The average Bonchev–Trinajstić information content (AvgIpc) is 2.92. The third kappa shape index (κ3) is 3.95. The summed E-state index contributed by atoms with van der Waals surface area (Å²) in [5.74, 6) is 1.76. The molecule has 0 aliphatic rings. The van der Waals surface area contributed by atoms with Crippen molar-refractivity contribution in [2.45, 2.75) is 6.92 Å². The first kappa shape index (κ1) is 14.3. The molecular weight excluding hydrogens is 280 g/mol. The van der Waals surface area contributed by atoms with E-state index in [-0.39, 0.29) is 0 Å². The van der Waals surface area contributed by atoms with E-state index in [1.807, 2.05) is 6.92 Å². The van der Waals surface area contributed by atoms with E-state index in [1.54, 1.807) is 6.26 Å². The first-order valence-corrected chi connectivity index (χ1v) is 7.80. The summed E-state index contributed by atoms with van der Waals surface area (Å²) in [6.07, 6.45) is 4.57. The first-order valence-electron chi connectivity index (χ1n) is 6.08. The van der Waals surface area contributed by atoms with Gasteiger partial charge >= 0.3 is 0 Å². The highest BCUT2D eigenvalue weighted by atomic mass is 32.2. The zero-order valence-corrected chi connectivity index (χ0v) is 12.1. The van der Waals surface area contributed by atoms with Crippen molar-refractivity contribution in [3.63, 3.8) is 0 Å². The standard InChI is InChI=1S/C10H16N8OS/c1-3-12-8-15-9(13-4-5-20(2)19)17-10(16-8)18-7-11-6-14-18/h6-7H,3-5H2,1-2H3,(H2,12,13,15,16,17). The molecule has 0 amide bonds. The summed E-state index contributed by atoms with van der Waals surface area (Å²) in [6.45, 7) is 3.17. The molecule has 0 aliphatic heterocycles. The molecule has 0 saturated carbocycles. The maximum atomic E-state index is 11.0. The minimum Gasteiger partial charge on any atom is -0.354 e. The van der Waals surface area contributed by atoms with Gasteiger partial charge in [-0.2, -0.15) is 24.7 Å². The molecule has 108 valence electrons. The highest BCUT2D eigenvalue weighted by Crippen LogP contribution is 2.07. The number of hydrogen-bond donors (Lipinski definition) is 2. The highest BCUT2D eigenvalue weighted by Gasteiger charge is 2.08. The van der Waals surface area contributed by atoms with Gasteiger partial charge in [-0.15, -0.1) is 0 Å². The van der Waals surface area contributed by atoms with Crippen LogP contribution >= 0.6 is 0 Å². The van der Waals surface area contributed by atoms with E-state index in [1.165, 1.54) is 17.3 Å². The van der Waals surface area contributed by atoms with Crippen LogP contribution in [-0.4, -0.2) is 59.0 Å². The van der Waals surface area contributed by atoms with E-state index in [0.29, 0.717) is 36.7 Å². The van der Waals surface area contributed by atoms with Crippen LogP contribution in [0.25, 0.3) is 5.95 Å². The van der Waals surface area contributed by atoms with Gasteiger partial charge in [0.15, 0.2) is 0 Å². The Balaban J connectivity index is 2.19. The Hall–Kier alpha value is -2.10. The molecule has 10 heteroatoms. The lowest BCUT2D eigenvalue weighted by Crippen LogP contribution is -2.16. The van der Waals surface area contributed by atoms with E-state index in [4.69, 9.17) is 0 Å². The van der Waals surface area contributed by atoms with Gasteiger partial charge in [-0.05, 0) is 6.92 Å². The van der Waals surface area contributed by atoms with Crippen molar-refractivity contribution in [1.82, 2.24) is 29.7 Å². The topological polar surface area (TPSA) is 111 Å². The Labute approximate surface area is 118 Å². The number of nitrogens with zero attached hydrogens (tertiary/aromatic N) is 6. The van der Waals surface area contributed by atoms with Crippen molar-refractivity contribution in [3.8, 4) is 5.95 Å². The lowest BCUT2D eigenvalue weighted by Gasteiger charge is -2.08. The fourth-order valence-corrected chi connectivity index (χ4v) is 1.79. The Bertz CT molecular complexity index is 573. The van der Waals surface area contributed by atoms with Crippen molar-refractivity contribution in [2.24, 2.45) is 0 Å². The second-order valence-electron chi connectivity index (χ2n) is 3.86. The van der Waals surface area contributed by atoms with Crippen LogP contribution in [0.3, 0.4) is 0 Å². The zero-order valence-electron chi connectivity index (χ0n) is 11.3. The average molecular weight is 296 g/mol. The summed E-state index contributed by atoms with van der Waals surface area (Å²) in [4.78, 5) is 16.6. The molecule has 1 atom stereocenters. The van der Waals surface area contributed by atoms with Crippen LogP contribution in [0, 0.1) is 0 Å². The number of hydrogen-bond acceptors (Lipinski definition) is 8. The minimum atomic E-state index is -0.860. The van der Waals surface area contributed by atoms with E-state index >= 15 is 0 Å². The van der Waals surface area contributed by atoms with Crippen LogP contribution in [0.1, 0.15) is 6.92 Å². The third-order valence-corrected chi connectivity index (χ3v) is 3.03. The van der Waals surface area contributed by atoms with Crippen molar-refractivity contribution in [2.75, 3.05) is 35.7 Å². The summed E-state index contributed by atoms with van der Waals surface area (Å²) in [7, 11) is -0.860. The van der Waals surface area contributed by atoms with E-state index < -0.39 is 10.8 Å². The molecule has 0 radical (unpaired) electrons. The van der Waals surface area contributed by atoms with Crippen molar-refractivity contribution < 1.29 is 4.21 Å². The molecule has 0 aliphatic carbocycles. The van der Waals surface area contributed by atoms with Crippen LogP contribution in [0.4, 0.5) is 11.9 Å². The van der Waals surface area contributed by atoms with Gasteiger partial charge in [0.25, 0.3) is 5.95 Å². The monoisotopic (exact) mass is 296 g/mol. The van der Waals surface area contributed by atoms with Crippen LogP contribution in [0.5, 0.6) is 0 Å². The maximum Gasteiger partial charge on any atom is 0.258 e. The van der Waals surface area contributed by atoms with Gasteiger partial charge in [0.1, 0.15) is 12.7 Å². The van der Waals surface area contributed by atoms with Gasteiger partial charge in [0, 0.05) is 35.9 Å². The first-order chi connectivity index (χ1) is 9.69.